The molecule has 0 N–H and O–H groups in total. The van der Waals surface area contributed by atoms with Gasteiger partial charge in [0.1, 0.15) is 0 Å². The van der Waals surface area contributed by atoms with Crippen LogP contribution in [0.4, 0.5) is 5.69 Å². The molecule has 1 fully saturated rings. The van der Waals surface area contributed by atoms with Crippen LogP contribution in [0.5, 0.6) is 0 Å². The second-order valence-electron chi connectivity index (χ2n) is 3.24. The van der Waals surface area contributed by atoms with Gasteiger partial charge in [-0.2, -0.15) is 0 Å². The molecular weight excluding hydrogens is 210 g/mol. The number of anilines is 1. The Morgan fingerprint density at radius 2 is 2.20 bits per heavy atom. The standard InChI is InChI=1S/C11H9NO2S/c13-10-11-14-9(6-7-15-11)12(10)8-4-2-1-3-5-8/h1-7,9,11H/i9D. The van der Waals surface area contributed by atoms with E-state index in [1.165, 1.54) is 16.7 Å². The van der Waals surface area contributed by atoms with Crippen LogP contribution in [-0.2, 0) is 9.53 Å². The third-order valence-corrected chi connectivity index (χ3v) is 3.14. The minimum Gasteiger partial charge on any atom is -0.330 e. The number of benzene rings is 1. The first-order chi connectivity index (χ1) is 7.71. The molecule has 4 heteroatoms. The topological polar surface area (TPSA) is 29.5 Å². The van der Waals surface area contributed by atoms with Gasteiger partial charge in [-0.15, -0.1) is 0 Å². The lowest BCUT2D eigenvalue weighted by Gasteiger charge is -2.20. The highest BCUT2D eigenvalue weighted by atomic mass is 32.2. The van der Waals surface area contributed by atoms with Crippen molar-refractivity contribution in [3.63, 3.8) is 0 Å². The van der Waals surface area contributed by atoms with E-state index in [9.17, 15) is 4.79 Å². The number of thioether (sulfide) groups is 1. The van der Waals surface area contributed by atoms with Gasteiger partial charge < -0.3 is 4.74 Å². The summed E-state index contributed by atoms with van der Waals surface area (Å²) >= 11 is 1.30. The Labute approximate surface area is 93.1 Å². The Bertz CT molecular complexity index is 464. The van der Waals surface area contributed by atoms with Crippen LogP contribution in [0.25, 0.3) is 0 Å². The van der Waals surface area contributed by atoms with Crippen molar-refractivity contribution in [2.45, 2.75) is 11.6 Å². The van der Waals surface area contributed by atoms with E-state index >= 15 is 0 Å². The van der Waals surface area contributed by atoms with Gasteiger partial charge in [0, 0.05) is 5.69 Å². The molecule has 2 bridgehead atoms. The van der Waals surface area contributed by atoms with E-state index in [-0.39, 0.29) is 5.91 Å². The maximum absolute atomic E-state index is 12.0. The van der Waals surface area contributed by atoms with Crippen molar-refractivity contribution >= 4 is 23.4 Å². The Morgan fingerprint density at radius 1 is 1.40 bits per heavy atom. The summed E-state index contributed by atoms with van der Waals surface area (Å²) in [5.74, 6) is -0.170. The zero-order valence-corrected chi connectivity index (χ0v) is 8.61. The molecule has 0 saturated carbocycles. The number of para-hydroxylation sites is 1. The Hall–Kier alpha value is -1.26. The fourth-order valence-electron chi connectivity index (χ4n) is 1.63. The summed E-state index contributed by atoms with van der Waals surface area (Å²) < 4.78 is 13.5. The molecule has 1 aromatic rings. The molecule has 0 spiro atoms. The summed E-state index contributed by atoms with van der Waals surface area (Å²) in [6, 6.07) is 9.15. The number of ether oxygens (including phenoxy) is 1. The molecule has 1 saturated heterocycles. The molecule has 0 aromatic heterocycles. The molecule has 3 nitrogen and oxygen atoms in total. The van der Waals surface area contributed by atoms with Gasteiger partial charge in [-0.1, -0.05) is 30.0 Å². The Kier molecular flexibility index (Phi) is 1.80. The highest BCUT2D eigenvalue weighted by Gasteiger charge is 2.42. The van der Waals surface area contributed by atoms with Gasteiger partial charge in [0.15, 0.2) is 11.6 Å². The van der Waals surface area contributed by atoms with Gasteiger partial charge in [-0.05, 0) is 23.6 Å². The largest absolute Gasteiger partial charge is 0.330 e. The highest BCUT2D eigenvalue weighted by Crippen LogP contribution is 2.35. The van der Waals surface area contributed by atoms with Crippen LogP contribution in [0, 0.1) is 0 Å². The second-order valence-corrected chi connectivity index (χ2v) is 4.21. The number of nitrogens with zero attached hydrogens (tertiary/aromatic N) is 1. The fraction of sp³-hybridized carbons (Fsp3) is 0.182. The molecule has 1 amide bonds. The number of carbonyl (C=O) groups is 1. The van der Waals surface area contributed by atoms with Crippen molar-refractivity contribution < 1.29 is 10.9 Å². The van der Waals surface area contributed by atoms with Crippen LogP contribution >= 0.6 is 11.8 Å². The van der Waals surface area contributed by atoms with E-state index in [2.05, 4.69) is 0 Å². The molecule has 3 rings (SSSR count). The van der Waals surface area contributed by atoms with Gasteiger partial charge in [-0.3, -0.25) is 9.69 Å². The lowest BCUT2D eigenvalue weighted by Crippen LogP contribution is -2.32. The lowest BCUT2D eigenvalue weighted by atomic mass is 10.3. The van der Waals surface area contributed by atoms with Crippen molar-refractivity contribution in [1.29, 1.82) is 0 Å². The Balaban J connectivity index is 2.08. The maximum atomic E-state index is 12.0. The van der Waals surface area contributed by atoms with E-state index < -0.39 is 11.6 Å². The molecule has 2 atom stereocenters. The smallest absolute Gasteiger partial charge is 0.269 e. The first kappa shape index (κ1) is 7.96. The Morgan fingerprint density at radius 3 is 2.93 bits per heavy atom. The zero-order chi connectivity index (χ0) is 11.2. The number of rotatable bonds is 1. The van der Waals surface area contributed by atoms with Crippen LogP contribution < -0.4 is 4.90 Å². The maximum Gasteiger partial charge on any atom is 0.269 e. The molecule has 76 valence electrons. The number of amides is 1. The van der Waals surface area contributed by atoms with Crippen molar-refractivity contribution in [2.75, 3.05) is 4.90 Å². The van der Waals surface area contributed by atoms with E-state index in [4.69, 9.17) is 6.11 Å². The van der Waals surface area contributed by atoms with E-state index in [1.54, 1.807) is 23.6 Å². The number of fused-ring (bicyclic) bond motifs is 2. The summed E-state index contributed by atoms with van der Waals surface area (Å²) in [4.78, 5) is 13.4. The first-order valence-corrected chi connectivity index (χ1v) is 5.55. The average Bonchev–Trinajstić information content (AvgIpc) is 2.46. The molecular formula is C11H9NO2S. The number of carbonyl (C=O) groups excluding carboxylic acids is 1. The molecule has 1 aromatic carbocycles. The third-order valence-electron chi connectivity index (χ3n) is 2.30. The molecule has 2 heterocycles. The predicted molar refractivity (Wildman–Crippen MR) is 59.3 cm³/mol. The average molecular weight is 220 g/mol. The van der Waals surface area contributed by atoms with Gasteiger partial charge in [0.2, 0.25) is 0 Å². The van der Waals surface area contributed by atoms with Crippen molar-refractivity contribution in [2.24, 2.45) is 0 Å². The summed E-state index contributed by atoms with van der Waals surface area (Å²) in [6.07, 6.45) is 0.209. The SMILES string of the molecule is [2H]C12C=CSC(O1)C(=O)N2c1ccccc1. The fourth-order valence-corrected chi connectivity index (χ4v) is 2.34. The molecule has 0 radical (unpaired) electrons. The van der Waals surface area contributed by atoms with Gasteiger partial charge in [-0.25, -0.2) is 0 Å². The minimum absolute atomic E-state index is 0.170. The lowest BCUT2D eigenvalue weighted by molar-refractivity contribution is -0.118. The number of hydrogen-bond donors (Lipinski definition) is 0. The molecule has 2 unspecified atom stereocenters. The number of hydrogen-bond acceptors (Lipinski definition) is 3. The monoisotopic (exact) mass is 220 g/mol. The zero-order valence-electron chi connectivity index (χ0n) is 8.79. The predicted octanol–water partition coefficient (Wildman–Crippen LogP) is 1.96. The quantitative estimate of drug-likeness (QED) is 0.724. The van der Waals surface area contributed by atoms with Crippen LogP contribution in [-0.4, -0.2) is 17.5 Å². The summed E-state index contributed by atoms with van der Waals surface area (Å²) in [6.45, 7) is 0. The molecule has 0 aliphatic carbocycles. The van der Waals surface area contributed by atoms with Crippen molar-refractivity contribution in [1.82, 2.24) is 0 Å². The van der Waals surface area contributed by atoms with Gasteiger partial charge in [0.25, 0.3) is 5.91 Å². The van der Waals surface area contributed by atoms with Crippen molar-refractivity contribution in [3.05, 3.63) is 41.8 Å². The van der Waals surface area contributed by atoms with Crippen LogP contribution in [0.3, 0.4) is 0 Å². The summed E-state index contributed by atoms with van der Waals surface area (Å²) in [5, 5.41) is 1.75. The molecule has 2 aliphatic rings. The molecule has 15 heavy (non-hydrogen) atoms. The van der Waals surface area contributed by atoms with Gasteiger partial charge in [0.05, 0.1) is 1.37 Å². The van der Waals surface area contributed by atoms with E-state index in [0.717, 1.165) is 0 Å². The van der Waals surface area contributed by atoms with Crippen LogP contribution in [0.2, 0.25) is 0 Å². The van der Waals surface area contributed by atoms with E-state index in [0.29, 0.717) is 5.69 Å². The minimum atomic E-state index is -1.38. The van der Waals surface area contributed by atoms with Gasteiger partial charge >= 0.3 is 0 Å². The second kappa shape index (κ2) is 3.40. The van der Waals surface area contributed by atoms with Crippen LogP contribution in [0.1, 0.15) is 1.37 Å². The summed E-state index contributed by atoms with van der Waals surface area (Å²) in [5.41, 5.74) is 0.111. The van der Waals surface area contributed by atoms with E-state index in [1.807, 2.05) is 18.2 Å². The first-order valence-electron chi connectivity index (χ1n) is 5.11. The van der Waals surface area contributed by atoms with Crippen molar-refractivity contribution in [3.8, 4) is 0 Å². The normalized spacial score (nSPS) is 34.4. The third kappa shape index (κ3) is 1.37. The highest BCUT2D eigenvalue weighted by molar-refractivity contribution is 8.03. The molecule has 2 aliphatic heterocycles. The van der Waals surface area contributed by atoms with Crippen LogP contribution in [0.15, 0.2) is 41.8 Å². The summed E-state index contributed by atoms with van der Waals surface area (Å²) in [7, 11) is 0.